The Balaban J connectivity index is 2.30. The minimum Gasteiger partial charge on any atom is -0.292 e. The van der Waals surface area contributed by atoms with Gasteiger partial charge in [0.25, 0.3) is 10.0 Å². The van der Waals surface area contributed by atoms with E-state index >= 15 is 0 Å². The fraction of sp³-hybridized carbons (Fsp3) is 0.100. The molecule has 2 aromatic heterocycles. The van der Waals surface area contributed by atoms with Crippen LogP contribution in [0.15, 0.2) is 35.7 Å². The van der Waals surface area contributed by atoms with Gasteiger partial charge in [0.2, 0.25) is 5.95 Å². The van der Waals surface area contributed by atoms with Crippen molar-refractivity contribution in [3.63, 3.8) is 0 Å². The van der Waals surface area contributed by atoms with Crippen LogP contribution in [0.25, 0.3) is 0 Å². The molecule has 0 aliphatic carbocycles. The van der Waals surface area contributed by atoms with Gasteiger partial charge in [0, 0.05) is 6.20 Å². The summed E-state index contributed by atoms with van der Waals surface area (Å²) in [5.41, 5.74) is 3.39. The molecule has 0 saturated heterocycles. The van der Waals surface area contributed by atoms with Crippen LogP contribution in [-0.4, -0.2) is 23.4 Å². The van der Waals surface area contributed by atoms with Gasteiger partial charge in [0.05, 0.1) is 24.3 Å². The highest BCUT2D eigenvalue weighted by atomic mass is 32.2. The zero-order chi connectivity index (χ0) is 13.9. The number of aromatic nitrogens is 3. The van der Waals surface area contributed by atoms with E-state index in [9.17, 15) is 8.42 Å². The van der Waals surface area contributed by atoms with Gasteiger partial charge in [0.15, 0.2) is 0 Å². The quantitative estimate of drug-likeness (QED) is 0.542. The van der Waals surface area contributed by atoms with Gasteiger partial charge < -0.3 is 0 Å². The van der Waals surface area contributed by atoms with E-state index in [-0.39, 0.29) is 10.8 Å². The average molecular weight is 280 g/mol. The van der Waals surface area contributed by atoms with Crippen LogP contribution in [-0.2, 0) is 10.0 Å². The Morgan fingerprint density at radius 2 is 1.89 bits per heavy atom. The lowest BCUT2D eigenvalue weighted by molar-refractivity contribution is 0.600. The molecule has 0 spiro atoms. The second-order valence-electron chi connectivity index (χ2n) is 3.68. The van der Waals surface area contributed by atoms with E-state index in [4.69, 9.17) is 5.84 Å². The van der Waals surface area contributed by atoms with Crippen LogP contribution in [0.3, 0.4) is 0 Å². The average Bonchev–Trinajstić information content (AvgIpc) is 2.41. The maximum Gasteiger partial charge on any atom is 0.265 e. The highest BCUT2D eigenvalue weighted by molar-refractivity contribution is 7.92. The maximum atomic E-state index is 12.1. The Morgan fingerprint density at radius 1 is 1.21 bits per heavy atom. The van der Waals surface area contributed by atoms with Crippen molar-refractivity contribution in [3.05, 3.63) is 36.4 Å². The number of nitrogen functional groups attached to an aromatic ring is 1. The summed E-state index contributed by atoms with van der Waals surface area (Å²) in [5, 5.41) is 0. The summed E-state index contributed by atoms with van der Waals surface area (Å²) in [4.78, 5) is 11.3. The number of nitrogens with two attached hydrogens (primary N) is 1. The molecule has 0 aliphatic rings. The van der Waals surface area contributed by atoms with Crippen LogP contribution in [0.2, 0.25) is 0 Å². The first kappa shape index (κ1) is 13.2. The summed E-state index contributed by atoms with van der Waals surface area (Å²) >= 11 is 0. The van der Waals surface area contributed by atoms with Gasteiger partial charge in [-0.05, 0) is 18.6 Å². The van der Waals surface area contributed by atoms with Crippen molar-refractivity contribution in [3.8, 4) is 0 Å². The number of hydrogen-bond donors (Lipinski definition) is 3. The van der Waals surface area contributed by atoms with Crippen molar-refractivity contribution in [2.75, 3.05) is 10.1 Å². The van der Waals surface area contributed by atoms with Gasteiger partial charge in [-0.1, -0.05) is 0 Å². The summed E-state index contributed by atoms with van der Waals surface area (Å²) in [7, 11) is -3.74. The zero-order valence-electron chi connectivity index (χ0n) is 10.0. The summed E-state index contributed by atoms with van der Waals surface area (Å²) in [6.07, 6.45) is 5.34. The number of sulfonamides is 1. The lowest BCUT2D eigenvalue weighted by Gasteiger charge is -2.09. The molecule has 2 heterocycles. The predicted molar refractivity (Wildman–Crippen MR) is 69.6 cm³/mol. The number of hydrazine groups is 1. The minimum atomic E-state index is -3.74. The zero-order valence-corrected chi connectivity index (χ0v) is 10.8. The third kappa shape index (κ3) is 2.95. The molecule has 19 heavy (non-hydrogen) atoms. The van der Waals surface area contributed by atoms with Crippen molar-refractivity contribution < 1.29 is 8.42 Å². The first-order chi connectivity index (χ1) is 9.03. The molecule has 0 radical (unpaired) electrons. The summed E-state index contributed by atoms with van der Waals surface area (Å²) in [5.74, 6) is 5.24. The summed E-state index contributed by atoms with van der Waals surface area (Å²) in [6.45, 7) is 1.78. The monoisotopic (exact) mass is 280 g/mol. The highest BCUT2D eigenvalue weighted by Gasteiger charge is 2.16. The molecule has 0 aliphatic heterocycles. The van der Waals surface area contributed by atoms with Crippen molar-refractivity contribution in [2.24, 2.45) is 5.84 Å². The van der Waals surface area contributed by atoms with Crippen LogP contribution < -0.4 is 16.0 Å². The van der Waals surface area contributed by atoms with Crippen molar-refractivity contribution in [1.29, 1.82) is 0 Å². The van der Waals surface area contributed by atoms with Gasteiger partial charge in [0.1, 0.15) is 4.90 Å². The minimum absolute atomic E-state index is 0.0604. The molecule has 2 rings (SSSR count). The van der Waals surface area contributed by atoms with Crippen LogP contribution >= 0.6 is 0 Å². The fourth-order valence-electron chi connectivity index (χ4n) is 1.30. The number of anilines is 2. The highest BCUT2D eigenvalue weighted by Crippen LogP contribution is 2.17. The number of nitrogens with one attached hydrogen (secondary N) is 2. The number of hydrogen-bond acceptors (Lipinski definition) is 7. The third-order valence-corrected chi connectivity index (χ3v) is 3.67. The van der Waals surface area contributed by atoms with Crippen LogP contribution in [0, 0.1) is 6.92 Å². The van der Waals surface area contributed by atoms with Crippen molar-refractivity contribution in [1.82, 2.24) is 15.0 Å². The molecule has 4 N–H and O–H groups in total. The molecule has 8 nitrogen and oxygen atoms in total. The number of aryl methyl sites for hydroxylation is 1. The number of pyridine rings is 1. The van der Waals surface area contributed by atoms with Crippen molar-refractivity contribution >= 4 is 21.7 Å². The molecule has 100 valence electrons. The normalized spacial score (nSPS) is 11.1. The van der Waals surface area contributed by atoms with E-state index in [1.807, 2.05) is 0 Å². The van der Waals surface area contributed by atoms with Gasteiger partial charge in [-0.15, -0.1) is 0 Å². The van der Waals surface area contributed by atoms with E-state index in [1.54, 1.807) is 19.2 Å². The van der Waals surface area contributed by atoms with Crippen LogP contribution in [0.4, 0.5) is 11.6 Å². The molecular formula is C10H12N6O2S. The van der Waals surface area contributed by atoms with E-state index in [0.29, 0.717) is 5.69 Å². The van der Waals surface area contributed by atoms with E-state index in [2.05, 4.69) is 25.1 Å². The molecule has 0 aromatic carbocycles. The van der Waals surface area contributed by atoms with E-state index in [1.165, 1.54) is 6.20 Å². The number of rotatable bonds is 4. The van der Waals surface area contributed by atoms with Crippen molar-refractivity contribution in [2.45, 2.75) is 11.8 Å². The Labute approximate surface area is 110 Å². The maximum absolute atomic E-state index is 12.1. The summed E-state index contributed by atoms with van der Waals surface area (Å²) < 4.78 is 26.6. The largest absolute Gasteiger partial charge is 0.292 e. The Morgan fingerprint density at radius 3 is 2.47 bits per heavy atom. The van der Waals surface area contributed by atoms with Crippen LogP contribution in [0.5, 0.6) is 0 Å². The first-order valence-corrected chi connectivity index (χ1v) is 6.73. The Kier molecular flexibility index (Phi) is 3.58. The molecule has 2 aromatic rings. The Bertz CT molecular complexity index is 671. The van der Waals surface area contributed by atoms with Gasteiger partial charge in [-0.3, -0.25) is 15.1 Å². The lowest BCUT2D eigenvalue weighted by atomic mass is 10.3. The van der Waals surface area contributed by atoms with Gasteiger partial charge in [-0.25, -0.2) is 24.2 Å². The predicted octanol–water partition coefficient (Wildman–Crippen LogP) is 0.266. The third-order valence-electron chi connectivity index (χ3n) is 2.35. The van der Waals surface area contributed by atoms with Gasteiger partial charge in [-0.2, -0.15) is 0 Å². The van der Waals surface area contributed by atoms with E-state index < -0.39 is 10.0 Å². The topological polar surface area (TPSA) is 123 Å². The second kappa shape index (κ2) is 5.16. The smallest absolute Gasteiger partial charge is 0.265 e. The molecule has 0 amide bonds. The molecule has 9 heteroatoms. The lowest BCUT2D eigenvalue weighted by Crippen LogP contribution is -2.16. The first-order valence-electron chi connectivity index (χ1n) is 5.25. The molecule has 0 unspecified atom stereocenters. The molecular weight excluding hydrogens is 268 g/mol. The van der Waals surface area contributed by atoms with E-state index in [0.717, 1.165) is 18.0 Å². The second-order valence-corrected chi connectivity index (χ2v) is 5.37. The fourth-order valence-corrected chi connectivity index (χ4v) is 2.31. The SMILES string of the molecule is Cc1ccncc1NS(=O)(=O)c1cnc(NN)nc1. The Hall–Kier alpha value is -2.26. The number of nitrogens with zero attached hydrogens (tertiary/aromatic N) is 3. The molecule has 0 saturated carbocycles. The molecule has 0 atom stereocenters. The summed E-state index contributed by atoms with van der Waals surface area (Å²) in [6, 6.07) is 1.70. The van der Waals surface area contributed by atoms with Crippen LogP contribution in [0.1, 0.15) is 5.56 Å². The van der Waals surface area contributed by atoms with Gasteiger partial charge >= 0.3 is 0 Å². The molecule has 0 bridgehead atoms. The molecule has 0 fully saturated rings. The standard InChI is InChI=1S/C10H12N6O2S/c1-7-2-3-12-6-9(7)16-19(17,18)8-4-13-10(15-11)14-5-8/h2-6,16H,11H2,1H3,(H,13,14,15).